The molecule has 0 radical (unpaired) electrons. The summed E-state index contributed by atoms with van der Waals surface area (Å²) in [7, 11) is 0. The minimum absolute atomic E-state index is 0.0951. The van der Waals surface area contributed by atoms with Crippen LogP contribution < -0.4 is 10.6 Å². The predicted molar refractivity (Wildman–Crippen MR) is 82.9 cm³/mol. The molecule has 1 aliphatic carbocycles. The zero-order valence-corrected chi connectivity index (χ0v) is 12.9. The summed E-state index contributed by atoms with van der Waals surface area (Å²) in [6.45, 7) is 3.97. The lowest BCUT2D eigenvalue weighted by atomic mass is 10.1. The highest BCUT2D eigenvalue weighted by atomic mass is 35.5. The lowest BCUT2D eigenvalue weighted by Gasteiger charge is -2.22. The van der Waals surface area contributed by atoms with E-state index in [4.69, 9.17) is 11.6 Å². The number of nitrogens with one attached hydrogen (secondary N) is 2. The Bertz CT molecular complexity index is 440. The zero-order chi connectivity index (χ0) is 14.5. The normalized spacial score (nSPS) is 18.8. The molecule has 0 heterocycles. The van der Waals surface area contributed by atoms with Crippen molar-refractivity contribution in [2.24, 2.45) is 0 Å². The van der Waals surface area contributed by atoms with Gasteiger partial charge in [0.25, 0.3) is 0 Å². The molecule has 0 spiro atoms. The molecule has 2 rings (SSSR count). The third-order valence-electron chi connectivity index (χ3n) is 3.96. The molecule has 1 aliphatic rings. The van der Waals surface area contributed by atoms with Gasteiger partial charge in [-0.3, -0.25) is 10.1 Å². The van der Waals surface area contributed by atoms with E-state index in [9.17, 15) is 4.79 Å². The molecule has 2 atom stereocenters. The highest BCUT2D eigenvalue weighted by Crippen LogP contribution is 2.18. The highest BCUT2D eigenvalue weighted by Gasteiger charge is 2.21. The first-order valence-corrected chi connectivity index (χ1v) is 7.76. The second-order valence-electron chi connectivity index (χ2n) is 5.65. The number of carbonyl (C=O) groups excluding carboxylic acids is 1. The minimum atomic E-state index is -0.193. The standard InChI is InChI=1S/C16H23ClN2O/c1-11(13-7-9-14(17)10-8-13)18-12(2)16(20)19-15-5-3-4-6-15/h7-12,15,18H,3-6H2,1-2H3,(H,19,20)/t11-,12-/m1/s1. The van der Waals surface area contributed by atoms with Crippen LogP contribution in [-0.2, 0) is 4.79 Å². The largest absolute Gasteiger partial charge is 0.352 e. The van der Waals surface area contributed by atoms with Gasteiger partial charge in [-0.25, -0.2) is 0 Å². The summed E-state index contributed by atoms with van der Waals surface area (Å²) in [6, 6.07) is 8.02. The van der Waals surface area contributed by atoms with E-state index in [0.717, 1.165) is 23.4 Å². The summed E-state index contributed by atoms with van der Waals surface area (Å²) >= 11 is 5.88. The Morgan fingerprint density at radius 3 is 2.40 bits per heavy atom. The monoisotopic (exact) mass is 294 g/mol. The zero-order valence-electron chi connectivity index (χ0n) is 12.2. The van der Waals surface area contributed by atoms with Crippen LogP contribution in [0.5, 0.6) is 0 Å². The van der Waals surface area contributed by atoms with Gasteiger partial charge >= 0.3 is 0 Å². The molecule has 2 N–H and O–H groups in total. The molecular formula is C16H23ClN2O. The fourth-order valence-corrected chi connectivity index (χ4v) is 2.82. The molecule has 1 saturated carbocycles. The van der Waals surface area contributed by atoms with Crippen LogP contribution in [0.4, 0.5) is 0 Å². The molecule has 110 valence electrons. The molecular weight excluding hydrogens is 272 g/mol. The van der Waals surface area contributed by atoms with Crippen LogP contribution in [0.1, 0.15) is 51.1 Å². The maximum Gasteiger partial charge on any atom is 0.237 e. The summed E-state index contributed by atoms with van der Waals surface area (Å²) < 4.78 is 0. The van der Waals surface area contributed by atoms with Crippen LogP contribution in [0.15, 0.2) is 24.3 Å². The highest BCUT2D eigenvalue weighted by molar-refractivity contribution is 6.30. The van der Waals surface area contributed by atoms with Gasteiger partial charge in [0, 0.05) is 17.1 Å². The topological polar surface area (TPSA) is 41.1 Å². The third kappa shape index (κ3) is 4.22. The Hall–Kier alpha value is -1.06. The predicted octanol–water partition coefficient (Wildman–Crippen LogP) is 3.44. The van der Waals surface area contributed by atoms with Crippen molar-refractivity contribution in [1.82, 2.24) is 10.6 Å². The van der Waals surface area contributed by atoms with Crippen molar-refractivity contribution >= 4 is 17.5 Å². The summed E-state index contributed by atoms with van der Waals surface area (Å²) in [4.78, 5) is 12.1. The first kappa shape index (κ1) is 15.3. The lowest BCUT2D eigenvalue weighted by molar-refractivity contribution is -0.123. The van der Waals surface area contributed by atoms with Crippen molar-refractivity contribution in [1.29, 1.82) is 0 Å². The molecule has 3 nitrogen and oxygen atoms in total. The van der Waals surface area contributed by atoms with Gasteiger partial charge in [0.05, 0.1) is 6.04 Å². The molecule has 1 fully saturated rings. The van der Waals surface area contributed by atoms with E-state index in [1.165, 1.54) is 12.8 Å². The van der Waals surface area contributed by atoms with E-state index in [0.29, 0.717) is 6.04 Å². The van der Waals surface area contributed by atoms with Gasteiger partial charge in [-0.2, -0.15) is 0 Å². The van der Waals surface area contributed by atoms with Gasteiger partial charge in [0.1, 0.15) is 0 Å². The van der Waals surface area contributed by atoms with Gasteiger partial charge in [-0.15, -0.1) is 0 Å². The molecule has 20 heavy (non-hydrogen) atoms. The molecule has 0 bridgehead atoms. The maximum absolute atomic E-state index is 12.1. The van der Waals surface area contributed by atoms with Gasteiger partial charge in [0.2, 0.25) is 5.91 Å². The van der Waals surface area contributed by atoms with Crippen LogP contribution >= 0.6 is 11.6 Å². The van der Waals surface area contributed by atoms with Crippen LogP contribution in [-0.4, -0.2) is 18.0 Å². The average molecular weight is 295 g/mol. The number of benzene rings is 1. The van der Waals surface area contributed by atoms with Crippen molar-refractivity contribution in [2.75, 3.05) is 0 Å². The Morgan fingerprint density at radius 1 is 1.20 bits per heavy atom. The molecule has 4 heteroatoms. The first-order chi connectivity index (χ1) is 9.56. The van der Waals surface area contributed by atoms with Gasteiger partial charge in [-0.05, 0) is 44.4 Å². The van der Waals surface area contributed by atoms with E-state index in [2.05, 4.69) is 17.6 Å². The Balaban J connectivity index is 1.84. The number of hydrogen-bond acceptors (Lipinski definition) is 2. The molecule has 0 saturated heterocycles. The van der Waals surface area contributed by atoms with E-state index in [-0.39, 0.29) is 18.0 Å². The van der Waals surface area contributed by atoms with Crippen molar-refractivity contribution in [3.63, 3.8) is 0 Å². The van der Waals surface area contributed by atoms with Gasteiger partial charge in [-0.1, -0.05) is 36.6 Å². The maximum atomic E-state index is 12.1. The van der Waals surface area contributed by atoms with Crippen LogP contribution in [0.2, 0.25) is 5.02 Å². The second kappa shape index (κ2) is 7.09. The molecule has 1 aromatic rings. The smallest absolute Gasteiger partial charge is 0.237 e. The third-order valence-corrected chi connectivity index (χ3v) is 4.22. The fraction of sp³-hybridized carbons (Fsp3) is 0.562. The SMILES string of the molecule is C[C@@H](N[C@H](C)c1ccc(Cl)cc1)C(=O)NC1CCCC1. The molecule has 0 aliphatic heterocycles. The van der Waals surface area contributed by atoms with E-state index in [1.54, 1.807) is 0 Å². The first-order valence-electron chi connectivity index (χ1n) is 7.38. The van der Waals surface area contributed by atoms with E-state index in [1.807, 2.05) is 31.2 Å². The van der Waals surface area contributed by atoms with E-state index < -0.39 is 0 Å². The van der Waals surface area contributed by atoms with Gasteiger partial charge in [0.15, 0.2) is 0 Å². The van der Waals surface area contributed by atoms with Gasteiger partial charge < -0.3 is 5.32 Å². The van der Waals surface area contributed by atoms with Crippen molar-refractivity contribution in [3.05, 3.63) is 34.9 Å². The van der Waals surface area contributed by atoms with Crippen LogP contribution in [0.25, 0.3) is 0 Å². The van der Waals surface area contributed by atoms with Crippen LogP contribution in [0.3, 0.4) is 0 Å². The fourth-order valence-electron chi connectivity index (χ4n) is 2.69. The molecule has 0 aromatic heterocycles. The lowest BCUT2D eigenvalue weighted by Crippen LogP contribution is -2.46. The van der Waals surface area contributed by atoms with E-state index >= 15 is 0 Å². The Kier molecular flexibility index (Phi) is 5.44. The summed E-state index contributed by atoms with van der Waals surface area (Å²) in [5.41, 5.74) is 1.13. The number of carbonyl (C=O) groups is 1. The molecule has 1 aromatic carbocycles. The number of hydrogen-bond donors (Lipinski definition) is 2. The Morgan fingerprint density at radius 2 is 1.80 bits per heavy atom. The quantitative estimate of drug-likeness (QED) is 0.873. The average Bonchev–Trinajstić information content (AvgIpc) is 2.92. The van der Waals surface area contributed by atoms with Crippen molar-refractivity contribution < 1.29 is 4.79 Å². The van der Waals surface area contributed by atoms with Crippen molar-refractivity contribution in [2.45, 2.75) is 57.7 Å². The number of halogens is 1. The number of rotatable bonds is 5. The summed E-state index contributed by atoms with van der Waals surface area (Å²) in [5, 5.41) is 7.19. The second-order valence-corrected chi connectivity index (χ2v) is 6.09. The van der Waals surface area contributed by atoms with Crippen molar-refractivity contribution in [3.8, 4) is 0 Å². The Labute approximate surface area is 126 Å². The van der Waals surface area contributed by atoms with Crippen LogP contribution in [0, 0.1) is 0 Å². The number of amides is 1. The minimum Gasteiger partial charge on any atom is -0.352 e. The summed E-state index contributed by atoms with van der Waals surface area (Å²) in [5.74, 6) is 0.0951. The molecule has 1 amide bonds. The summed E-state index contributed by atoms with van der Waals surface area (Å²) in [6.07, 6.45) is 4.69. The molecule has 0 unspecified atom stereocenters.